The van der Waals surface area contributed by atoms with E-state index in [9.17, 15) is 4.79 Å². The first-order valence-corrected chi connectivity index (χ1v) is 6.05. The van der Waals surface area contributed by atoms with Crippen LogP contribution in [0.5, 0.6) is 0 Å². The number of nitrogens with two attached hydrogens (primary N) is 1. The van der Waals surface area contributed by atoms with Gasteiger partial charge in [0.15, 0.2) is 0 Å². The second-order valence-electron chi connectivity index (χ2n) is 4.03. The second kappa shape index (κ2) is 6.35. The Morgan fingerprint density at radius 1 is 1.41 bits per heavy atom. The molecule has 0 radical (unpaired) electrons. The molecule has 1 unspecified atom stereocenters. The van der Waals surface area contributed by atoms with Gasteiger partial charge in [-0.1, -0.05) is 49.5 Å². The van der Waals surface area contributed by atoms with E-state index in [1.54, 1.807) is 11.9 Å². The first-order chi connectivity index (χ1) is 8.06. The van der Waals surface area contributed by atoms with Crippen LogP contribution < -0.4 is 5.73 Å². The van der Waals surface area contributed by atoms with Gasteiger partial charge in [-0.25, -0.2) is 0 Å². The van der Waals surface area contributed by atoms with Gasteiger partial charge in [-0.2, -0.15) is 0 Å². The number of thiocarbonyl (C=S) groups is 1. The lowest BCUT2D eigenvalue weighted by atomic mass is 9.95. The zero-order chi connectivity index (χ0) is 12.8. The topological polar surface area (TPSA) is 46.3 Å². The van der Waals surface area contributed by atoms with Crippen LogP contribution in [-0.2, 0) is 4.79 Å². The predicted octanol–water partition coefficient (Wildman–Crippen LogP) is 1.92. The van der Waals surface area contributed by atoms with Crippen LogP contribution in [-0.4, -0.2) is 29.4 Å². The van der Waals surface area contributed by atoms with Crippen molar-refractivity contribution < 1.29 is 4.79 Å². The number of nitrogens with zero attached hydrogens (tertiary/aromatic N) is 1. The Morgan fingerprint density at radius 2 is 2.00 bits per heavy atom. The minimum absolute atomic E-state index is 0.0616. The number of likely N-dealkylation sites (N-methyl/N-ethyl adjacent to an activating group) is 1. The average Bonchev–Trinajstić information content (AvgIpc) is 2.30. The molecule has 0 aromatic heterocycles. The first-order valence-electron chi connectivity index (χ1n) is 5.64. The van der Waals surface area contributed by atoms with Gasteiger partial charge < -0.3 is 10.6 Å². The quantitative estimate of drug-likeness (QED) is 0.812. The number of benzene rings is 1. The molecule has 0 aliphatic carbocycles. The van der Waals surface area contributed by atoms with Crippen molar-refractivity contribution >= 4 is 23.1 Å². The molecule has 0 bridgehead atoms. The number of hydrogen-bond acceptors (Lipinski definition) is 2. The van der Waals surface area contributed by atoms with E-state index < -0.39 is 0 Å². The standard InChI is InChI=1S/C13H18N2OS/c1-3-11(10-7-5-4-6-8-10)13(16)15(2)9-12(14)17/h4-8,11H,3,9H2,1-2H3,(H2,14,17). The fourth-order valence-electron chi connectivity index (χ4n) is 1.82. The molecule has 0 saturated heterocycles. The van der Waals surface area contributed by atoms with E-state index in [1.165, 1.54) is 0 Å². The van der Waals surface area contributed by atoms with E-state index in [-0.39, 0.29) is 11.8 Å². The monoisotopic (exact) mass is 250 g/mol. The molecule has 3 nitrogen and oxygen atoms in total. The Kier molecular flexibility index (Phi) is 5.10. The number of hydrogen-bond donors (Lipinski definition) is 1. The van der Waals surface area contributed by atoms with Crippen LogP contribution in [0.3, 0.4) is 0 Å². The molecule has 0 aliphatic heterocycles. The molecule has 1 atom stereocenters. The van der Waals surface area contributed by atoms with Gasteiger partial charge in [-0.15, -0.1) is 0 Å². The summed E-state index contributed by atoms with van der Waals surface area (Å²) in [5.74, 6) is -0.0537. The van der Waals surface area contributed by atoms with Gasteiger partial charge in [-0.05, 0) is 12.0 Å². The van der Waals surface area contributed by atoms with E-state index in [4.69, 9.17) is 18.0 Å². The highest BCUT2D eigenvalue weighted by atomic mass is 32.1. The molecule has 0 aliphatic rings. The van der Waals surface area contributed by atoms with Crippen molar-refractivity contribution in [3.8, 4) is 0 Å². The number of amides is 1. The van der Waals surface area contributed by atoms with Gasteiger partial charge in [-0.3, -0.25) is 4.79 Å². The highest BCUT2D eigenvalue weighted by molar-refractivity contribution is 7.80. The summed E-state index contributed by atoms with van der Waals surface area (Å²) in [5.41, 5.74) is 6.49. The molecular formula is C13H18N2OS. The number of carbonyl (C=O) groups excluding carboxylic acids is 1. The average molecular weight is 250 g/mol. The zero-order valence-corrected chi connectivity index (χ0v) is 11.0. The molecule has 1 aromatic carbocycles. The fourth-order valence-corrected chi connectivity index (χ4v) is 2.01. The van der Waals surface area contributed by atoms with Gasteiger partial charge in [0.1, 0.15) is 0 Å². The van der Waals surface area contributed by atoms with Crippen molar-refractivity contribution in [2.75, 3.05) is 13.6 Å². The SMILES string of the molecule is CCC(C(=O)N(C)CC(N)=S)c1ccccc1. The summed E-state index contributed by atoms with van der Waals surface area (Å²) in [4.78, 5) is 14.1. The minimum Gasteiger partial charge on any atom is -0.392 e. The molecule has 1 rings (SSSR count). The molecule has 1 aromatic rings. The third kappa shape index (κ3) is 3.82. The maximum absolute atomic E-state index is 12.2. The van der Waals surface area contributed by atoms with Crippen molar-refractivity contribution in [2.24, 2.45) is 5.73 Å². The summed E-state index contributed by atoms with van der Waals surface area (Å²) >= 11 is 4.81. The van der Waals surface area contributed by atoms with E-state index in [2.05, 4.69) is 0 Å². The highest BCUT2D eigenvalue weighted by Crippen LogP contribution is 2.21. The third-order valence-corrected chi connectivity index (χ3v) is 2.81. The van der Waals surface area contributed by atoms with Crippen LogP contribution in [0.2, 0.25) is 0 Å². The van der Waals surface area contributed by atoms with Crippen molar-refractivity contribution in [3.63, 3.8) is 0 Å². The van der Waals surface area contributed by atoms with Crippen LogP contribution in [0, 0.1) is 0 Å². The maximum Gasteiger partial charge on any atom is 0.230 e. The van der Waals surface area contributed by atoms with Crippen molar-refractivity contribution in [3.05, 3.63) is 35.9 Å². The van der Waals surface area contributed by atoms with Crippen LogP contribution in [0.4, 0.5) is 0 Å². The Balaban J connectivity index is 2.81. The lowest BCUT2D eigenvalue weighted by Crippen LogP contribution is -2.37. The normalized spacial score (nSPS) is 11.9. The van der Waals surface area contributed by atoms with Crippen LogP contribution in [0.25, 0.3) is 0 Å². The van der Waals surface area contributed by atoms with Gasteiger partial charge in [0.05, 0.1) is 17.5 Å². The Hall–Kier alpha value is -1.42. The number of rotatable bonds is 5. The van der Waals surface area contributed by atoms with Crippen molar-refractivity contribution in [2.45, 2.75) is 19.3 Å². The smallest absolute Gasteiger partial charge is 0.230 e. The van der Waals surface area contributed by atoms with Gasteiger partial charge >= 0.3 is 0 Å². The lowest BCUT2D eigenvalue weighted by Gasteiger charge is -2.22. The minimum atomic E-state index is -0.115. The Morgan fingerprint density at radius 3 is 2.47 bits per heavy atom. The van der Waals surface area contributed by atoms with Gasteiger partial charge in [0, 0.05) is 7.05 Å². The van der Waals surface area contributed by atoms with Gasteiger partial charge in [0.25, 0.3) is 0 Å². The van der Waals surface area contributed by atoms with Crippen LogP contribution in [0.15, 0.2) is 30.3 Å². The summed E-state index contributed by atoms with van der Waals surface area (Å²) in [6.07, 6.45) is 0.768. The number of carbonyl (C=O) groups is 1. The van der Waals surface area contributed by atoms with Crippen molar-refractivity contribution in [1.82, 2.24) is 4.90 Å². The zero-order valence-electron chi connectivity index (χ0n) is 10.2. The van der Waals surface area contributed by atoms with Crippen LogP contribution >= 0.6 is 12.2 Å². The van der Waals surface area contributed by atoms with E-state index in [0.717, 1.165) is 12.0 Å². The van der Waals surface area contributed by atoms with E-state index in [1.807, 2.05) is 37.3 Å². The molecule has 17 heavy (non-hydrogen) atoms. The Bertz CT molecular complexity index is 392. The second-order valence-corrected chi connectivity index (χ2v) is 4.56. The molecular weight excluding hydrogens is 232 g/mol. The summed E-state index contributed by atoms with van der Waals surface area (Å²) < 4.78 is 0. The maximum atomic E-state index is 12.2. The summed E-state index contributed by atoms with van der Waals surface area (Å²) in [6.45, 7) is 2.33. The molecule has 0 heterocycles. The summed E-state index contributed by atoms with van der Waals surface area (Å²) in [7, 11) is 1.73. The van der Waals surface area contributed by atoms with E-state index in [0.29, 0.717) is 11.5 Å². The first kappa shape index (κ1) is 13.6. The molecule has 92 valence electrons. The Labute approximate surface area is 108 Å². The molecule has 1 amide bonds. The van der Waals surface area contributed by atoms with Crippen LogP contribution in [0.1, 0.15) is 24.8 Å². The third-order valence-electron chi connectivity index (χ3n) is 2.68. The molecule has 0 spiro atoms. The fraction of sp³-hybridized carbons (Fsp3) is 0.385. The predicted molar refractivity (Wildman–Crippen MR) is 73.9 cm³/mol. The molecule has 2 N–H and O–H groups in total. The molecule has 4 heteroatoms. The van der Waals surface area contributed by atoms with Gasteiger partial charge in [0.2, 0.25) is 5.91 Å². The molecule has 0 fully saturated rings. The summed E-state index contributed by atoms with van der Waals surface area (Å²) in [5, 5.41) is 0. The summed E-state index contributed by atoms with van der Waals surface area (Å²) in [6, 6.07) is 9.78. The highest BCUT2D eigenvalue weighted by Gasteiger charge is 2.21. The largest absolute Gasteiger partial charge is 0.392 e. The van der Waals surface area contributed by atoms with E-state index >= 15 is 0 Å². The molecule has 0 saturated carbocycles. The van der Waals surface area contributed by atoms with Crippen molar-refractivity contribution in [1.29, 1.82) is 0 Å². The lowest BCUT2D eigenvalue weighted by molar-refractivity contribution is -0.130.